The summed E-state index contributed by atoms with van der Waals surface area (Å²) in [5.41, 5.74) is 0. The van der Waals surface area contributed by atoms with Gasteiger partial charge in [-0.1, -0.05) is 0 Å². The molecule has 1 aromatic carbocycles. The molecule has 1 N–H and O–H groups in total. The zero-order valence-corrected chi connectivity index (χ0v) is 12.4. The molecule has 1 unspecified atom stereocenters. The van der Waals surface area contributed by atoms with Gasteiger partial charge in [-0.2, -0.15) is 4.31 Å². The maximum absolute atomic E-state index is 13.8. The van der Waals surface area contributed by atoms with Crippen LogP contribution in [0.4, 0.5) is 8.78 Å². The minimum atomic E-state index is -4.00. The van der Waals surface area contributed by atoms with Crippen molar-refractivity contribution in [2.24, 2.45) is 0 Å². The van der Waals surface area contributed by atoms with Crippen molar-refractivity contribution in [1.29, 1.82) is 0 Å². The van der Waals surface area contributed by atoms with Crippen LogP contribution in [0.2, 0.25) is 0 Å². The average Bonchev–Trinajstić information content (AvgIpc) is 3.14. The Balaban J connectivity index is 1.91. The van der Waals surface area contributed by atoms with Crippen LogP contribution in [0.5, 0.6) is 0 Å². The van der Waals surface area contributed by atoms with Gasteiger partial charge in [-0.15, -0.1) is 0 Å². The molecule has 2 aliphatic rings. The topological polar surface area (TPSA) is 49.4 Å². The summed E-state index contributed by atoms with van der Waals surface area (Å²) in [5.74, 6) is -1.65. The zero-order valence-electron chi connectivity index (χ0n) is 11.6. The van der Waals surface area contributed by atoms with Crippen LogP contribution in [0, 0.1) is 11.6 Å². The van der Waals surface area contributed by atoms with E-state index in [1.54, 1.807) is 0 Å². The van der Waals surface area contributed by atoms with Crippen LogP contribution in [0.15, 0.2) is 23.1 Å². The summed E-state index contributed by atoms with van der Waals surface area (Å²) in [5, 5.41) is 3.25. The van der Waals surface area contributed by atoms with E-state index in [-0.39, 0.29) is 12.1 Å². The summed E-state index contributed by atoms with van der Waals surface area (Å²) >= 11 is 0. The van der Waals surface area contributed by atoms with Crippen LogP contribution in [-0.4, -0.2) is 37.9 Å². The normalized spacial score (nSPS) is 22.9. The number of halogens is 2. The molecule has 1 aromatic rings. The first-order valence-electron chi connectivity index (χ1n) is 7.19. The number of hydrogen-bond donors (Lipinski definition) is 1. The van der Waals surface area contributed by atoms with Gasteiger partial charge in [0.15, 0.2) is 0 Å². The standard InChI is InChI=1S/C14H18F2N2O2S/c15-10-3-6-13(16)14(8-10)21(19,20)18(12-4-5-12)9-11-2-1-7-17-11/h3,6,8,11-12,17H,1-2,4-5,7,9H2. The lowest BCUT2D eigenvalue weighted by molar-refractivity contribution is 0.360. The van der Waals surface area contributed by atoms with Gasteiger partial charge in [-0.25, -0.2) is 17.2 Å². The Kier molecular flexibility index (Phi) is 3.98. The van der Waals surface area contributed by atoms with Crippen LogP contribution >= 0.6 is 0 Å². The second-order valence-electron chi connectivity index (χ2n) is 5.67. The lowest BCUT2D eigenvalue weighted by Gasteiger charge is -2.25. The average molecular weight is 316 g/mol. The second-order valence-corrected chi connectivity index (χ2v) is 7.53. The molecule has 7 heteroatoms. The summed E-state index contributed by atoms with van der Waals surface area (Å²) < 4.78 is 53.8. The van der Waals surface area contributed by atoms with Crippen LogP contribution in [0.1, 0.15) is 25.7 Å². The van der Waals surface area contributed by atoms with E-state index >= 15 is 0 Å². The van der Waals surface area contributed by atoms with E-state index in [1.807, 2.05) is 0 Å². The number of nitrogens with one attached hydrogen (secondary N) is 1. The van der Waals surface area contributed by atoms with Gasteiger partial charge in [0.1, 0.15) is 16.5 Å². The largest absolute Gasteiger partial charge is 0.313 e. The van der Waals surface area contributed by atoms with Crippen molar-refractivity contribution in [2.75, 3.05) is 13.1 Å². The van der Waals surface area contributed by atoms with Crippen LogP contribution in [0.3, 0.4) is 0 Å². The molecule has 0 amide bonds. The molecule has 1 aliphatic carbocycles. The highest BCUT2D eigenvalue weighted by atomic mass is 32.2. The smallest absolute Gasteiger partial charge is 0.246 e. The van der Waals surface area contributed by atoms with Crippen LogP contribution < -0.4 is 5.32 Å². The summed E-state index contributed by atoms with van der Waals surface area (Å²) in [7, 11) is -4.00. The van der Waals surface area contributed by atoms with E-state index in [0.717, 1.165) is 50.4 Å². The fourth-order valence-corrected chi connectivity index (χ4v) is 4.55. The molecule has 116 valence electrons. The Bertz CT molecular complexity index is 626. The molecule has 4 nitrogen and oxygen atoms in total. The van der Waals surface area contributed by atoms with Crippen molar-refractivity contribution in [2.45, 2.75) is 42.7 Å². The van der Waals surface area contributed by atoms with Gasteiger partial charge in [0.2, 0.25) is 10.0 Å². The molecule has 0 radical (unpaired) electrons. The van der Waals surface area contributed by atoms with Crippen molar-refractivity contribution in [1.82, 2.24) is 9.62 Å². The predicted octanol–water partition coefficient (Wildman–Crippen LogP) is 1.87. The van der Waals surface area contributed by atoms with E-state index in [1.165, 1.54) is 4.31 Å². The summed E-state index contributed by atoms with van der Waals surface area (Å²) in [4.78, 5) is -0.563. The maximum atomic E-state index is 13.8. The number of benzene rings is 1. The van der Waals surface area contributed by atoms with Gasteiger partial charge in [0, 0.05) is 18.6 Å². The van der Waals surface area contributed by atoms with Gasteiger partial charge in [-0.05, 0) is 50.4 Å². The second kappa shape index (κ2) is 5.62. The Morgan fingerprint density at radius 3 is 2.62 bits per heavy atom. The Labute approximate surface area is 123 Å². The fourth-order valence-electron chi connectivity index (χ4n) is 2.74. The van der Waals surface area contributed by atoms with Crippen LogP contribution in [0.25, 0.3) is 0 Å². The highest BCUT2D eigenvalue weighted by Gasteiger charge is 2.40. The van der Waals surface area contributed by atoms with Crippen molar-refractivity contribution in [3.8, 4) is 0 Å². The molecule has 1 atom stereocenters. The minimum absolute atomic E-state index is 0.0833. The molecular formula is C14H18F2N2O2S. The van der Waals surface area contributed by atoms with E-state index in [2.05, 4.69) is 5.32 Å². The molecule has 1 heterocycles. The molecule has 1 aliphatic heterocycles. The molecular weight excluding hydrogens is 298 g/mol. The lowest BCUT2D eigenvalue weighted by atomic mass is 10.2. The first kappa shape index (κ1) is 14.9. The van der Waals surface area contributed by atoms with Crippen molar-refractivity contribution in [3.05, 3.63) is 29.8 Å². The maximum Gasteiger partial charge on any atom is 0.246 e. The highest BCUT2D eigenvalue weighted by Crippen LogP contribution is 2.33. The molecule has 0 aromatic heterocycles. The van der Waals surface area contributed by atoms with Crippen LogP contribution in [-0.2, 0) is 10.0 Å². The van der Waals surface area contributed by atoms with Crippen molar-refractivity contribution < 1.29 is 17.2 Å². The number of nitrogens with zero attached hydrogens (tertiary/aromatic N) is 1. The first-order chi connectivity index (χ1) is 9.98. The molecule has 21 heavy (non-hydrogen) atoms. The van der Waals surface area contributed by atoms with Gasteiger partial charge < -0.3 is 5.32 Å². The fraction of sp³-hybridized carbons (Fsp3) is 0.571. The summed E-state index contributed by atoms with van der Waals surface area (Å²) in [6, 6.07) is 2.56. The Morgan fingerprint density at radius 2 is 2.00 bits per heavy atom. The van der Waals surface area contributed by atoms with E-state index in [0.29, 0.717) is 6.54 Å². The van der Waals surface area contributed by atoms with Gasteiger partial charge >= 0.3 is 0 Å². The lowest BCUT2D eigenvalue weighted by Crippen LogP contribution is -2.42. The summed E-state index contributed by atoms with van der Waals surface area (Å²) in [6.07, 6.45) is 3.48. The predicted molar refractivity (Wildman–Crippen MR) is 74.3 cm³/mol. The Hall–Kier alpha value is -1.05. The third-order valence-corrected chi connectivity index (χ3v) is 5.93. The SMILES string of the molecule is O=S(=O)(c1cc(F)ccc1F)N(CC1CCCN1)C1CC1. The number of sulfonamides is 1. The third kappa shape index (κ3) is 3.09. The van der Waals surface area contributed by atoms with E-state index in [4.69, 9.17) is 0 Å². The molecule has 3 rings (SSSR count). The molecule has 1 saturated carbocycles. The van der Waals surface area contributed by atoms with Gasteiger partial charge in [0.05, 0.1) is 0 Å². The highest BCUT2D eigenvalue weighted by molar-refractivity contribution is 7.89. The first-order valence-corrected chi connectivity index (χ1v) is 8.63. The van der Waals surface area contributed by atoms with Crippen molar-refractivity contribution >= 4 is 10.0 Å². The molecule has 0 spiro atoms. The molecule has 2 fully saturated rings. The van der Waals surface area contributed by atoms with E-state index < -0.39 is 26.6 Å². The third-order valence-electron chi connectivity index (χ3n) is 4.00. The van der Waals surface area contributed by atoms with E-state index in [9.17, 15) is 17.2 Å². The van der Waals surface area contributed by atoms with Gasteiger partial charge in [0.25, 0.3) is 0 Å². The monoisotopic (exact) mass is 316 g/mol. The quantitative estimate of drug-likeness (QED) is 0.902. The minimum Gasteiger partial charge on any atom is -0.313 e. The number of hydrogen-bond acceptors (Lipinski definition) is 3. The number of rotatable bonds is 5. The summed E-state index contributed by atoms with van der Waals surface area (Å²) in [6.45, 7) is 1.19. The Morgan fingerprint density at radius 1 is 1.24 bits per heavy atom. The van der Waals surface area contributed by atoms with Crippen molar-refractivity contribution in [3.63, 3.8) is 0 Å². The molecule has 1 saturated heterocycles. The zero-order chi connectivity index (χ0) is 15.0. The molecule has 0 bridgehead atoms. The van der Waals surface area contributed by atoms with Gasteiger partial charge in [-0.3, -0.25) is 0 Å².